The summed E-state index contributed by atoms with van der Waals surface area (Å²) in [7, 11) is 3.60. The summed E-state index contributed by atoms with van der Waals surface area (Å²) in [6.45, 7) is 4.47. The van der Waals surface area contributed by atoms with Gasteiger partial charge in [0.1, 0.15) is 0 Å². The topological polar surface area (TPSA) is 48.5 Å². The zero-order valence-corrected chi connectivity index (χ0v) is 12.6. The van der Waals surface area contributed by atoms with Crippen LogP contribution in [0.2, 0.25) is 0 Å². The summed E-state index contributed by atoms with van der Waals surface area (Å²) in [6.07, 6.45) is 2.01. The van der Waals surface area contributed by atoms with Gasteiger partial charge in [-0.05, 0) is 31.9 Å². The normalized spacial score (nSPS) is 16.2. The van der Waals surface area contributed by atoms with Gasteiger partial charge in [0, 0.05) is 45.5 Å². The molecule has 2 rings (SSSR count). The molecule has 0 bridgehead atoms. The van der Waals surface area contributed by atoms with Crippen LogP contribution in [0.25, 0.3) is 0 Å². The van der Waals surface area contributed by atoms with Crippen molar-refractivity contribution in [1.29, 1.82) is 0 Å². The Balaban J connectivity index is 1.76. The minimum absolute atomic E-state index is 0.115. The zero-order chi connectivity index (χ0) is 14.5. The Kier molecular flexibility index (Phi) is 4.95. The highest BCUT2D eigenvalue weighted by Crippen LogP contribution is 2.12. The number of urea groups is 1. The quantitative estimate of drug-likeness (QED) is 0.913. The Hall–Kier alpha value is -1.62. The molecule has 2 heterocycles. The van der Waals surface area contributed by atoms with Crippen LogP contribution in [0, 0.1) is 6.92 Å². The third-order valence-electron chi connectivity index (χ3n) is 3.67. The lowest BCUT2D eigenvalue weighted by Crippen LogP contribution is -2.47. The van der Waals surface area contributed by atoms with E-state index in [1.54, 1.807) is 19.0 Å². The minimum Gasteiger partial charge on any atom is -0.331 e. The van der Waals surface area contributed by atoms with Crippen molar-refractivity contribution in [3.05, 3.63) is 29.6 Å². The molecule has 1 fully saturated rings. The molecule has 0 unspecified atom stereocenters. The van der Waals surface area contributed by atoms with Crippen molar-refractivity contribution in [2.75, 3.05) is 27.2 Å². The maximum absolute atomic E-state index is 11.8. The Labute approximate surface area is 121 Å². The second kappa shape index (κ2) is 6.70. The number of aromatic nitrogens is 1. The van der Waals surface area contributed by atoms with Gasteiger partial charge in [-0.3, -0.25) is 4.98 Å². The van der Waals surface area contributed by atoms with E-state index in [-0.39, 0.29) is 6.03 Å². The van der Waals surface area contributed by atoms with Crippen LogP contribution in [0.1, 0.15) is 24.2 Å². The molecule has 1 aliphatic heterocycles. The zero-order valence-electron chi connectivity index (χ0n) is 12.6. The van der Waals surface area contributed by atoms with Gasteiger partial charge in [-0.2, -0.15) is 0 Å². The predicted octanol–water partition coefficient (Wildman–Crippen LogP) is 1.63. The largest absolute Gasteiger partial charge is 0.331 e. The number of hydrogen-bond acceptors (Lipinski definition) is 3. The van der Waals surface area contributed by atoms with Gasteiger partial charge < -0.3 is 15.1 Å². The van der Waals surface area contributed by atoms with Gasteiger partial charge in [-0.25, -0.2) is 4.79 Å². The Morgan fingerprint density at radius 2 is 2.10 bits per heavy atom. The SMILES string of the molecule is Cc1cccc(CNC2CCN(C(=O)N(C)C)CC2)n1. The van der Waals surface area contributed by atoms with Crippen LogP contribution < -0.4 is 5.32 Å². The monoisotopic (exact) mass is 276 g/mol. The summed E-state index contributed by atoms with van der Waals surface area (Å²) in [5, 5.41) is 3.54. The standard InChI is InChI=1S/C15H24N4O/c1-12-5-4-6-14(17-12)11-16-13-7-9-19(10-8-13)15(20)18(2)3/h4-6,13,16H,7-11H2,1-3H3. The lowest BCUT2D eigenvalue weighted by atomic mass is 10.1. The molecule has 5 nitrogen and oxygen atoms in total. The molecule has 0 aliphatic carbocycles. The van der Waals surface area contributed by atoms with Gasteiger partial charge in [-0.15, -0.1) is 0 Å². The summed E-state index contributed by atoms with van der Waals surface area (Å²) in [4.78, 5) is 19.9. The van der Waals surface area contributed by atoms with E-state index in [0.29, 0.717) is 6.04 Å². The molecule has 0 saturated carbocycles. The van der Waals surface area contributed by atoms with Crippen molar-refractivity contribution in [3.63, 3.8) is 0 Å². The summed E-state index contributed by atoms with van der Waals surface area (Å²) >= 11 is 0. The van der Waals surface area contributed by atoms with Crippen molar-refractivity contribution in [1.82, 2.24) is 20.1 Å². The molecule has 1 aliphatic rings. The second-order valence-corrected chi connectivity index (χ2v) is 5.59. The number of amides is 2. The first kappa shape index (κ1) is 14.8. The molecular formula is C15H24N4O. The van der Waals surface area contributed by atoms with Gasteiger partial charge >= 0.3 is 6.03 Å². The number of piperidine rings is 1. The Morgan fingerprint density at radius 1 is 1.40 bits per heavy atom. The number of carbonyl (C=O) groups excluding carboxylic acids is 1. The van der Waals surface area contributed by atoms with E-state index in [4.69, 9.17) is 0 Å². The molecule has 0 atom stereocenters. The molecular weight excluding hydrogens is 252 g/mol. The van der Waals surface area contributed by atoms with Gasteiger partial charge in [-0.1, -0.05) is 6.07 Å². The van der Waals surface area contributed by atoms with E-state index in [1.807, 2.05) is 30.0 Å². The molecule has 0 aromatic carbocycles. The van der Waals surface area contributed by atoms with Gasteiger partial charge in [0.15, 0.2) is 0 Å². The van der Waals surface area contributed by atoms with Gasteiger partial charge in [0.05, 0.1) is 5.69 Å². The number of likely N-dealkylation sites (tertiary alicyclic amines) is 1. The fourth-order valence-corrected chi connectivity index (χ4v) is 2.50. The van der Waals surface area contributed by atoms with Crippen LogP contribution >= 0.6 is 0 Å². The molecule has 1 aromatic rings. The smallest absolute Gasteiger partial charge is 0.319 e. The van der Waals surface area contributed by atoms with E-state index in [2.05, 4.69) is 10.3 Å². The van der Waals surface area contributed by atoms with E-state index in [9.17, 15) is 4.79 Å². The van der Waals surface area contributed by atoms with Gasteiger partial charge in [0.25, 0.3) is 0 Å². The third-order valence-corrected chi connectivity index (χ3v) is 3.67. The second-order valence-electron chi connectivity index (χ2n) is 5.59. The van der Waals surface area contributed by atoms with Crippen LogP contribution in [0.4, 0.5) is 4.79 Å². The van der Waals surface area contributed by atoms with Crippen LogP contribution in [0.3, 0.4) is 0 Å². The summed E-state index contributed by atoms with van der Waals surface area (Å²) < 4.78 is 0. The first-order valence-electron chi connectivity index (χ1n) is 7.18. The molecule has 0 radical (unpaired) electrons. The summed E-state index contributed by atoms with van der Waals surface area (Å²) in [5.41, 5.74) is 2.13. The highest BCUT2D eigenvalue weighted by molar-refractivity contribution is 5.73. The molecule has 1 aromatic heterocycles. The minimum atomic E-state index is 0.115. The highest BCUT2D eigenvalue weighted by Gasteiger charge is 2.23. The lowest BCUT2D eigenvalue weighted by molar-refractivity contribution is 0.152. The molecule has 2 amide bonds. The van der Waals surface area contributed by atoms with E-state index >= 15 is 0 Å². The maximum Gasteiger partial charge on any atom is 0.319 e. The van der Waals surface area contributed by atoms with Crippen molar-refractivity contribution < 1.29 is 4.79 Å². The van der Waals surface area contributed by atoms with Crippen molar-refractivity contribution in [2.24, 2.45) is 0 Å². The molecule has 1 N–H and O–H groups in total. The van der Waals surface area contributed by atoms with E-state index in [1.165, 1.54) is 0 Å². The summed E-state index contributed by atoms with van der Waals surface area (Å²) in [5.74, 6) is 0. The first-order valence-corrected chi connectivity index (χ1v) is 7.18. The number of pyridine rings is 1. The number of nitrogens with one attached hydrogen (secondary N) is 1. The van der Waals surface area contributed by atoms with E-state index in [0.717, 1.165) is 43.9 Å². The lowest BCUT2D eigenvalue weighted by Gasteiger charge is -2.34. The summed E-state index contributed by atoms with van der Waals surface area (Å²) in [6, 6.07) is 6.68. The number of nitrogens with zero attached hydrogens (tertiary/aromatic N) is 3. The number of rotatable bonds is 3. The molecule has 110 valence electrons. The Morgan fingerprint density at radius 3 is 2.70 bits per heavy atom. The first-order chi connectivity index (χ1) is 9.56. The van der Waals surface area contributed by atoms with E-state index < -0.39 is 0 Å². The van der Waals surface area contributed by atoms with Crippen LogP contribution in [0.5, 0.6) is 0 Å². The van der Waals surface area contributed by atoms with Crippen LogP contribution in [-0.4, -0.2) is 54.0 Å². The van der Waals surface area contributed by atoms with Crippen LogP contribution in [0.15, 0.2) is 18.2 Å². The predicted molar refractivity (Wildman–Crippen MR) is 79.5 cm³/mol. The van der Waals surface area contributed by atoms with Crippen LogP contribution in [-0.2, 0) is 6.54 Å². The molecule has 5 heteroatoms. The number of aryl methyl sites for hydroxylation is 1. The van der Waals surface area contributed by atoms with Crippen molar-refractivity contribution >= 4 is 6.03 Å². The average Bonchev–Trinajstić information content (AvgIpc) is 2.45. The number of hydrogen-bond donors (Lipinski definition) is 1. The molecule has 20 heavy (non-hydrogen) atoms. The van der Waals surface area contributed by atoms with Crippen molar-refractivity contribution in [2.45, 2.75) is 32.4 Å². The average molecular weight is 276 g/mol. The maximum atomic E-state index is 11.8. The Bertz CT molecular complexity index is 453. The molecule has 0 spiro atoms. The van der Waals surface area contributed by atoms with Gasteiger partial charge in [0.2, 0.25) is 0 Å². The van der Waals surface area contributed by atoms with Crippen molar-refractivity contribution in [3.8, 4) is 0 Å². The highest BCUT2D eigenvalue weighted by atomic mass is 16.2. The number of carbonyl (C=O) groups is 1. The third kappa shape index (κ3) is 3.93. The fraction of sp³-hybridized carbons (Fsp3) is 0.600. The molecule has 1 saturated heterocycles. The fourth-order valence-electron chi connectivity index (χ4n) is 2.50.